The first-order valence-corrected chi connectivity index (χ1v) is 6.72. The molecule has 2 bridgehead atoms. The van der Waals surface area contributed by atoms with Crippen LogP contribution in [0.3, 0.4) is 0 Å². The van der Waals surface area contributed by atoms with E-state index in [-0.39, 0.29) is 23.7 Å². The van der Waals surface area contributed by atoms with E-state index in [0.29, 0.717) is 18.3 Å². The summed E-state index contributed by atoms with van der Waals surface area (Å²) in [6.07, 6.45) is 3.51. The van der Waals surface area contributed by atoms with Gasteiger partial charge in [-0.05, 0) is 37.5 Å². The highest BCUT2D eigenvalue weighted by molar-refractivity contribution is 6.08. The normalized spacial score (nSPS) is 39.3. The molecule has 5 nitrogen and oxygen atoms in total. The summed E-state index contributed by atoms with van der Waals surface area (Å²) in [4.78, 5) is 37.3. The van der Waals surface area contributed by atoms with Crippen LogP contribution in [0, 0.1) is 23.7 Å². The van der Waals surface area contributed by atoms with Crippen molar-refractivity contribution < 1.29 is 14.4 Å². The molecule has 98 valence electrons. The summed E-state index contributed by atoms with van der Waals surface area (Å²) < 4.78 is 0. The van der Waals surface area contributed by atoms with Crippen molar-refractivity contribution >= 4 is 17.7 Å². The number of imide groups is 1. The number of primary amides is 1. The fraction of sp³-hybridized carbons (Fsp3) is 0.769. The molecular formula is C13H18N2O3. The van der Waals surface area contributed by atoms with Gasteiger partial charge in [-0.2, -0.15) is 0 Å². The molecule has 0 aromatic carbocycles. The zero-order chi connectivity index (χ0) is 13.0. The molecule has 0 unspecified atom stereocenters. The van der Waals surface area contributed by atoms with Crippen LogP contribution in [-0.4, -0.2) is 28.7 Å². The van der Waals surface area contributed by atoms with Crippen molar-refractivity contribution in [1.29, 1.82) is 0 Å². The van der Waals surface area contributed by atoms with Gasteiger partial charge < -0.3 is 5.73 Å². The molecule has 0 spiro atoms. The fourth-order valence-corrected chi connectivity index (χ4v) is 4.25. The molecular weight excluding hydrogens is 232 g/mol. The van der Waals surface area contributed by atoms with E-state index in [2.05, 4.69) is 0 Å². The molecule has 0 aromatic rings. The van der Waals surface area contributed by atoms with Crippen LogP contribution in [0.5, 0.6) is 0 Å². The maximum Gasteiger partial charge on any atom is 0.240 e. The maximum atomic E-state index is 12.4. The molecule has 3 aliphatic rings. The number of amides is 3. The van der Waals surface area contributed by atoms with Gasteiger partial charge in [0, 0.05) is 0 Å². The predicted molar refractivity (Wildman–Crippen MR) is 62.9 cm³/mol. The van der Waals surface area contributed by atoms with Crippen LogP contribution in [0.1, 0.15) is 32.6 Å². The van der Waals surface area contributed by atoms with Crippen LogP contribution in [0.15, 0.2) is 0 Å². The van der Waals surface area contributed by atoms with Crippen LogP contribution < -0.4 is 5.73 Å². The second kappa shape index (κ2) is 3.80. The van der Waals surface area contributed by atoms with Gasteiger partial charge in [0.15, 0.2) is 0 Å². The summed E-state index contributed by atoms with van der Waals surface area (Å²) >= 11 is 0. The first-order chi connectivity index (χ1) is 8.56. The van der Waals surface area contributed by atoms with Gasteiger partial charge in [-0.3, -0.25) is 19.3 Å². The summed E-state index contributed by atoms with van der Waals surface area (Å²) in [7, 11) is 0. The molecule has 3 fully saturated rings. The number of fused-ring (bicyclic) bond motifs is 5. The van der Waals surface area contributed by atoms with Gasteiger partial charge in [-0.25, -0.2) is 0 Å². The highest BCUT2D eigenvalue weighted by Crippen LogP contribution is 2.56. The third-order valence-electron chi connectivity index (χ3n) is 4.99. The monoisotopic (exact) mass is 250 g/mol. The molecule has 3 amide bonds. The van der Waals surface area contributed by atoms with Gasteiger partial charge in [-0.1, -0.05) is 6.92 Å². The van der Waals surface area contributed by atoms with Crippen LogP contribution in [-0.2, 0) is 14.4 Å². The number of carbonyl (C=O) groups excluding carboxylic acids is 3. The molecule has 2 saturated carbocycles. The van der Waals surface area contributed by atoms with E-state index < -0.39 is 11.9 Å². The van der Waals surface area contributed by atoms with E-state index in [4.69, 9.17) is 5.73 Å². The zero-order valence-electron chi connectivity index (χ0n) is 10.5. The first kappa shape index (κ1) is 11.7. The number of hydrogen-bond acceptors (Lipinski definition) is 3. The molecule has 1 saturated heterocycles. The average molecular weight is 250 g/mol. The lowest BCUT2D eigenvalue weighted by Crippen LogP contribution is -2.48. The van der Waals surface area contributed by atoms with E-state index >= 15 is 0 Å². The second-order valence-corrected chi connectivity index (χ2v) is 5.76. The molecule has 2 N–H and O–H groups in total. The molecule has 1 aliphatic heterocycles. The van der Waals surface area contributed by atoms with E-state index in [1.165, 1.54) is 4.90 Å². The fourth-order valence-electron chi connectivity index (χ4n) is 4.25. The van der Waals surface area contributed by atoms with Crippen molar-refractivity contribution in [3.05, 3.63) is 0 Å². The van der Waals surface area contributed by atoms with Crippen LogP contribution in [0.25, 0.3) is 0 Å². The maximum absolute atomic E-state index is 12.4. The lowest BCUT2D eigenvalue weighted by molar-refractivity contribution is -0.148. The van der Waals surface area contributed by atoms with Crippen LogP contribution >= 0.6 is 0 Å². The van der Waals surface area contributed by atoms with Crippen LogP contribution in [0.2, 0.25) is 0 Å². The van der Waals surface area contributed by atoms with Gasteiger partial charge in [-0.15, -0.1) is 0 Å². The average Bonchev–Trinajstić information content (AvgIpc) is 2.98. The Kier molecular flexibility index (Phi) is 2.47. The lowest BCUT2D eigenvalue weighted by Gasteiger charge is -2.24. The van der Waals surface area contributed by atoms with Crippen molar-refractivity contribution in [2.45, 2.75) is 38.6 Å². The Hall–Kier alpha value is -1.39. The molecule has 18 heavy (non-hydrogen) atoms. The van der Waals surface area contributed by atoms with Gasteiger partial charge in [0.2, 0.25) is 17.7 Å². The number of nitrogens with zero attached hydrogens (tertiary/aromatic N) is 1. The van der Waals surface area contributed by atoms with E-state index in [1.54, 1.807) is 6.92 Å². The third-order valence-corrected chi connectivity index (χ3v) is 4.99. The third kappa shape index (κ3) is 1.30. The predicted octanol–water partition coefficient (Wildman–Crippen LogP) is 0.281. The molecule has 0 radical (unpaired) electrons. The summed E-state index contributed by atoms with van der Waals surface area (Å²) in [5.74, 6) is -0.495. The summed E-state index contributed by atoms with van der Waals surface area (Å²) in [5, 5.41) is 0. The Bertz CT molecular complexity index is 406. The van der Waals surface area contributed by atoms with Gasteiger partial charge in [0.25, 0.3) is 0 Å². The minimum atomic E-state index is -0.755. The Morgan fingerprint density at radius 1 is 1.28 bits per heavy atom. The summed E-state index contributed by atoms with van der Waals surface area (Å²) in [6, 6.07) is -0.755. The molecule has 1 heterocycles. The van der Waals surface area contributed by atoms with Crippen molar-refractivity contribution in [3.63, 3.8) is 0 Å². The van der Waals surface area contributed by atoms with Gasteiger partial charge >= 0.3 is 0 Å². The number of likely N-dealkylation sites (tertiary alicyclic amines) is 1. The summed E-state index contributed by atoms with van der Waals surface area (Å²) in [5.41, 5.74) is 5.30. The number of nitrogens with two attached hydrogens (primary N) is 1. The van der Waals surface area contributed by atoms with E-state index in [0.717, 1.165) is 19.3 Å². The van der Waals surface area contributed by atoms with Crippen molar-refractivity contribution in [2.75, 3.05) is 0 Å². The first-order valence-electron chi connectivity index (χ1n) is 6.72. The molecule has 0 aromatic heterocycles. The van der Waals surface area contributed by atoms with Crippen molar-refractivity contribution in [1.82, 2.24) is 4.90 Å². The Morgan fingerprint density at radius 3 is 2.17 bits per heavy atom. The molecule has 2 aliphatic carbocycles. The standard InChI is InChI=1S/C13H18N2O3/c1-2-8(11(14)16)15-12(17)9-6-3-4-7(5-6)10(9)13(15)18/h6-10H,2-5H2,1H3,(H2,14,16)/t6-,7+,8-,9-,10-/m0/s1. The summed E-state index contributed by atoms with van der Waals surface area (Å²) in [6.45, 7) is 1.78. The SMILES string of the molecule is CC[C@@H](C(N)=O)N1C(=O)[C@H]2[C@@H]3CC[C@@H](C3)[C@@H]2C1=O. The topological polar surface area (TPSA) is 80.5 Å². The smallest absolute Gasteiger partial charge is 0.240 e. The van der Waals surface area contributed by atoms with Gasteiger partial charge in [0.1, 0.15) is 6.04 Å². The van der Waals surface area contributed by atoms with Crippen LogP contribution in [0.4, 0.5) is 0 Å². The Balaban J connectivity index is 1.93. The van der Waals surface area contributed by atoms with E-state index in [1.807, 2.05) is 0 Å². The largest absolute Gasteiger partial charge is 0.368 e. The Morgan fingerprint density at radius 2 is 1.78 bits per heavy atom. The number of carbonyl (C=O) groups is 3. The van der Waals surface area contributed by atoms with E-state index in [9.17, 15) is 14.4 Å². The highest BCUT2D eigenvalue weighted by atomic mass is 16.2. The minimum absolute atomic E-state index is 0.150. The zero-order valence-corrected chi connectivity index (χ0v) is 10.5. The lowest BCUT2D eigenvalue weighted by atomic mass is 9.81. The van der Waals surface area contributed by atoms with Gasteiger partial charge in [0.05, 0.1) is 11.8 Å². The van der Waals surface area contributed by atoms with Crippen molar-refractivity contribution in [3.8, 4) is 0 Å². The molecule has 5 atom stereocenters. The molecule has 5 heteroatoms. The highest BCUT2D eigenvalue weighted by Gasteiger charge is 2.62. The second-order valence-electron chi connectivity index (χ2n) is 5.76. The minimum Gasteiger partial charge on any atom is -0.368 e. The Labute approximate surface area is 106 Å². The quantitative estimate of drug-likeness (QED) is 0.731. The molecule has 3 rings (SSSR count). The number of hydrogen-bond donors (Lipinski definition) is 1. The van der Waals surface area contributed by atoms with Crippen molar-refractivity contribution in [2.24, 2.45) is 29.4 Å². The number of rotatable bonds is 3.